The molecule has 0 saturated carbocycles. The molecular weight excluding hydrogens is 319 g/mol. The predicted molar refractivity (Wildman–Crippen MR) is 84.0 cm³/mol. The fraction of sp³-hybridized carbons (Fsp3) is 0.125. The summed E-state index contributed by atoms with van der Waals surface area (Å²) in [6, 6.07) is 15.1. The molecule has 0 spiro atoms. The Hall–Kier alpha value is -1.09. The van der Waals surface area contributed by atoms with Crippen LogP contribution in [0.4, 0.5) is 0 Å². The molecule has 0 atom stereocenters. The van der Waals surface area contributed by atoms with E-state index in [1.54, 1.807) is 0 Å². The van der Waals surface area contributed by atoms with Crippen molar-refractivity contribution in [2.45, 2.75) is 13.8 Å². The van der Waals surface area contributed by atoms with Crippen molar-refractivity contribution in [3.8, 4) is 0 Å². The first-order valence-corrected chi connectivity index (χ1v) is 6.74. The third-order valence-electron chi connectivity index (χ3n) is 2.69. The molecule has 2 aromatic carbocycles. The summed E-state index contributed by atoms with van der Waals surface area (Å²) in [6.07, 6.45) is 4.33. The second-order valence-electron chi connectivity index (χ2n) is 4.27. The van der Waals surface area contributed by atoms with Crippen LogP contribution in [0.5, 0.6) is 0 Å². The van der Waals surface area contributed by atoms with Gasteiger partial charge in [0.1, 0.15) is 0 Å². The zero-order valence-corrected chi connectivity index (χ0v) is 12.2. The summed E-state index contributed by atoms with van der Waals surface area (Å²) < 4.78 is 1.30. The van der Waals surface area contributed by atoms with Crippen molar-refractivity contribution in [2.24, 2.45) is 0 Å². The summed E-state index contributed by atoms with van der Waals surface area (Å²) in [5.41, 5.74) is 5.12. The van der Waals surface area contributed by atoms with Crippen molar-refractivity contribution in [1.29, 1.82) is 0 Å². The van der Waals surface area contributed by atoms with Crippen LogP contribution >= 0.6 is 22.6 Å². The molecular formula is C16H15I. The van der Waals surface area contributed by atoms with Gasteiger partial charge in [-0.05, 0) is 53.6 Å². The van der Waals surface area contributed by atoms with Crippen LogP contribution in [0.2, 0.25) is 0 Å². The van der Waals surface area contributed by atoms with Crippen LogP contribution in [0, 0.1) is 17.4 Å². The molecule has 0 amide bonds. The van der Waals surface area contributed by atoms with Crippen molar-refractivity contribution in [3.63, 3.8) is 0 Å². The Kier molecular flexibility index (Phi) is 4.00. The summed E-state index contributed by atoms with van der Waals surface area (Å²) in [4.78, 5) is 0. The van der Waals surface area contributed by atoms with E-state index in [0.717, 1.165) is 0 Å². The maximum absolute atomic E-state index is 2.38. The number of aryl methyl sites for hydroxylation is 2. The van der Waals surface area contributed by atoms with E-state index < -0.39 is 0 Å². The van der Waals surface area contributed by atoms with Gasteiger partial charge in [0.25, 0.3) is 0 Å². The predicted octanol–water partition coefficient (Wildman–Crippen LogP) is 5.08. The number of hydrogen-bond donors (Lipinski definition) is 0. The van der Waals surface area contributed by atoms with Crippen LogP contribution in [-0.2, 0) is 0 Å². The largest absolute Gasteiger partial charge is 0.0587 e. The van der Waals surface area contributed by atoms with Crippen LogP contribution in [0.1, 0.15) is 22.3 Å². The van der Waals surface area contributed by atoms with Gasteiger partial charge in [0.2, 0.25) is 0 Å². The molecule has 0 aliphatic heterocycles. The third-order valence-corrected chi connectivity index (χ3v) is 3.62. The summed E-state index contributed by atoms with van der Waals surface area (Å²) in [7, 11) is 0. The molecule has 0 aromatic heterocycles. The molecule has 0 aliphatic rings. The van der Waals surface area contributed by atoms with E-state index in [-0.39, 0.29) is 0 Å². The second-order valence-corrected chi connectivity index (χ2v) is 5.43. The van der Waals surface area contributed by atoms with E-state index in [1.165, 1.54) is 25.8 Å². The first kappa shape index (κ1) is 12.4. The highest BCUT2D eigenvalue weighted by Crippen LogP contribution is 2.17. The van der Waals surface area contributed by atoms with Gasteiger partial charge < -0.3 is 0 Å². The molecule has 0 bridgehead atoms. The van der Waals surface area contributed by atoms with Gasteiger partial charge in [-0.1, -0.05) is 59.7 Å². The average molecular weight is 334 g/mol. The number of rotatable bonds is 2. The van der Waals surface area contributed by atoms with Crippen molar-refractivity contribution >= 4 is 34.7 Å². The zero-order valence-electron chi connectivity index (χ0n) is 10.1. The highest BCUT2D eigenvalue weighted by molar-refractivity contribution is 14.1. The minimum Gasteiger partial charge on any atom is -0.0587 e. The third kappa shape index (κ3) is 3.43. The number of hydrogen-bond acceptors (Lipinski definition) is 0. The highest BCUT2D eigenvalue weighted by Gasteiger charge is 1.95. The van der Waals surface area contributed by atoms with Gasteiger partial charge in [-0.15, -0.1) is 0 Å². The van der Waals surface area contributed by atoms with Crippen molar-refractivity contribution in [3.05, 3.63) is 68.3 Å². The molecule has 0 nitrogen and oxygen atoms in total. The van der Waals surface area contributed by atoms with Gasteiger partial charge in [0.05, 0.1) is 0 Å². The summed E-state index contributed by atoms with van der Waals surface area (Å²) in [6.45, 7) is 4.23. The highest BCUT2D eigenvalue weighted by atomic mass is 127. The lowest BCUT2D eigenvalue weighted by molar-refractivity contribution is 1.43. The van der Waals surface area contributed by atoms with Crippen LogP contribution in [0.15, 0.2) is 42.5 Å². The first-order valence-electron chi connectivity index (χ1n) is 5.66. The summed E-state index contributed by atoms with van der Waals surface area (Å²) in [5, 5.41) is 0. The Morgan fingerprint density at radius 1 is 0.824 bits per heavy atom. The van der Waals surface area contributed by atoms with Gasteiger partial charge in [-0.25, -0.2) is 0 Å². The quantitative estimate of drug-likeness (QED) is 0.531. The number of halogens is 1. The Labute approximate surface area is 117 Å². The zero-order chi connectivity index (χ0) is 12.3. The van der Waals surface area contributed by atoms with Crippen molar-refractivity contribution in [1.82, 2.24) is 0 Å². The van der Waals surface area contributed by atoms with Crippen LogP contribution in [-0.4, -0.2) is 0 Å². The maximum atomic E-state index is 2.38. The Morgan fingerprint density at radius 3 is 2.12 bits per heavy atom. The molecule has 2 aromatic rings. The molecule has 0 fully saturated rings. The lowest BCUT2D eigenvalue weighted by atomic mass is 10.1. The molecule has 2 rings (SSSR count). The van der Waals surface area contributed by atoms with Gasteiger partial charge in [-0.3, -0.25) is 0 Å². The molecule has 0 heterocycles. The molecule has 0 N–H and O–H groups in total. The fourth-order valence-electron chi connectivity index (χ4n) is 1.63. The lowest BCUT2D eigenvalue weighted by Gasteiger charge is -2.00. The minimum atomic E-state index is 1.24. The van der Waals surface area contributed by atoms with Gasteiger partial charge in [-0.2, -0.15) is 0 Å². The normalized spacial score (nSPS) is 11.0. The van der Waals surface area contributed by atoms with Crippen LogP contribution in [0.25, 0.3) is 12.2 Å². The van der Waals surface area contributed by atoms with E-state index in [9.17, 15) is 0 Å². The van der Waals surface area contributed by atoms with Gasteiger partial charge in [0, 0.05) is 3.57 Å². The Bertz CT molecular complexity index is 536. The standard InChI is InChI=1S/C16H15I/c1-12-3-6-14(7-4-12)8-10-15-9-5-13(2)11-16(15)17/h3-11H,1-2H3. The number of benzene rings is 2. The van der Waals surface area contributed by atoms with Crippen molar-refractivity contribution < 1.29 is 0 Å². The lowest BCUT2D eigenvalue weighted by Crippen LogP contribution is -1.81. The second kappa shape index (κ2) is 5.50. The molecule has 86 valence electrons. The van der Waals surface area contributed by atoms with Crippen LogP contribution < -0.4 is 0 Å². The summed E-state index contributed by atoms with van der Waals surface area (Å²) >= 11 is 2.38. The van der Waals surface area contributed by atoms with E-state index >= 15 is 0 Å². The molecule has 0 aliphatic carbocycles. The van der Waals surface area contributed by atoms with Gasteiger partial charge in [0.15, 0.2) is 0 Å². The molecule has 17 heavy (non-hydrogen) atoms. The SMILES string of the molecule is Cc1ccc(C=Cc2ccc(C)cc2I)cc1. The Morgan fingerprint density at radius 2 is 1.47 bits per heavy atom. The topological polar surface area (TPSA) is 0 Å². The fourth-order valence-corrected chi connectivity index (χ4v) is 2.48. The first-order chi connectivity index (χ1) is 8.15. The van der Waals surface area contributed by atoms with Crippen LogP contribution in [0.3, 0.4) is 0 Å². The monoisotopic (exact) mass is 334 g/mol. The smallest absolute Gasteiger partial charge is 0.0205 e. The van der Waals surface area contributed by atoms with Crippen molar-refractivity contribution in [2.75, 3.05) is 0 Å². The summed E-state index contributed by atoms with van der Waals surface area (Å²) in [5.74, 6) is 0. The van der Waals surface area contributed by atoms with Gasteiger partial charge >= 0.3 is 0 Å². The molecule has 0 saturated heterocycles. The maximum Gasteiger partial charge on any atom is 0.0205 e. The molecule has 1 heteroatoms. The average Bonchev–Trinajstić information content (AvgIpc) is 2.30. The minimum absolute atomic E-state index is 1.24. The van der Waals surface area contributed by atoms with E-state index in [1.807, 2.05) is 0 Å². The molecule has 0 radical (unpaired) electrons. The van der Waals surface area contributed by atoms with E-state index in [4.69, 9.17) is 0 Å². The van der Waals surface area contributed by atoms with E-state index in [2.05, 4.69) is 91.1 Å². The molecule has 0 unspecified atom stereocenters. The Balaban J connectivity index is 2.23. The van der Waals surface area contributed by atoms with E-state index in [0.29, 0.717) is 0 Å².